The van der Waals surface area contributed by atoms with Crippen LogP contribution in [0.3, 0.4) is 0 Å². The number of hydrogen-bond donors (Lipinski definition) is 1. The van der Waals surface area contributed by atoms with Crippen molar-refractivity contribution in [2.24, 2.45) is 0 Å². The second-order valence-electron chi connectivity index (χ2n) is 4.60. The van der Waals surface area contributed by atoms with Crippen molar-refractivity contribution in [1.82, 2.24) is 5.32 Å². The molecule has 0 fully saturated rings. The van der Waals surface area contributed by atoms with Crippen molar-refractivity contribution in [2.45, 2.75) is 26.1 Å². The lowest BCUT2D eigenvalue weighted by Crippen LogP contribution is -2.21. The van der Waals surface area contributed by atoms with Gasteiger partial charge in [-0.15, -0.1) is 0 Å². The smallest absolute Gasteiger partial charge is 0.416 e. The summed E-state index contributed by atoms with van der Waals surface area (Å²) in [5.41, 5.74) is 1.05. The average molecular weight is 283 g/mol. The van der Waals surface area contributed by atoms with E-state index in [-0.39, 0.29) is 6.04 Å². The summed E-state index contributed by atoms with van der Waals surface area (Å²) in [6, 6.07) is 6.92. The first-order valence-electron chi connectivity index (χ1n) is 6.37. The van der Waals surface area contributed by atoms with E-state index >= 15 is 0 Å². The maximum absolute atomic E-state index is 12.6. The second kappa shape index (κ2) is 5.71. The molecule has 2 rings (SSSR count). The topological polar surface area (TPSA) is 25.2 Å². The number of alkyl halides is 3. The molecule has 1 unspecified atom stereocenters. The molecule has 0 radical (unpaired) electrons. The summed E-state index contributed by atoms with van der Waals surface area (Å²) in [5, 5.41) is 3.25. The van der Waals surface area contributed by atoms with E-state index in [1.165, 1.54) is 12.1 Å². The van der Waals surface area contributed by atoms with Gasteiger partial charge in [0.2, 0.25) is 0 Å². The fourth-order valence-corrected chi connectivity index (χ4v) is 2.11. The van der Waals surface area contributed by atoms with Crippen LogP contribution in [0, 0.1) is 6.92 Å². The van der Waals surface area contributed by atoms with Crippen molar-refractivity contribution in [2.75, 3.05) is 6.54 Å². The van der Waals surface area contributed by atoms with Gasteiger partial charge in [-0.1, -0.05) is 19.1 Å². The normalized spacial score (nSPS) is 13.4. The van der Waals surface area contributed by atoms with Crippen LogP contribution in [-0.2, 0) is 6.18 Å². The first-order valence-corrected chi connectivity index (χ1v) is 6.37. The summed E-state index contributed by atoms with van der Waals surface area (Å²) >= 11 is 0. The van der Waals surface area contributed by atoms with Gasteiger partial charge in [-0.3, -0.25) is 0 Å². The molecule has 0 amide bonds. The summed E-state index contributed by atoms with van der Waals surface area (Å²) < 4.78 is 43.0. The van der Waals surface area contributed by atoms with Gasteiger partial charge < -0.3 is 9.73 Å². The zero-order chi connectivity index (χ0) is 14.8. The molecule has 0 aliphatic heterocycles. The Morgan fingerprint density at radius 3 is 2.25 bits per heavy atom. The molecular formula is C15H16F3NO. The highest BCUT2D eigenvalue weighted by Gasteiger charge is 2.30. The van der Waals surface area contributed by atoms with Crippen molar-refractivity contribution in [3.05, 3.63) is 59.0 Å². The summed E-state index contributed by atoms with van der Waals surface area (Å²) in [5.74, 6) is 0.773. The molecule has 0 bridgehead atoms. The Morgan fingerprint density at radius 1 is 1.15 bits per heavy atom. The van der Waals surface area contributed by atoms with Crippen LogP contribution >= 0.6 is 0 Å². The van der Waals surface area contributed by atoms with Gasteiger partial charge in [-0.2, -0.15) is 13.2 Å². The molecule has 0 saturated heterocycles. The van der Waals surface area contributed by atoms with Gasteiger partial charge in [-0.25, -0.2) is 0 Å². The minimum absolute atomic E-state index is 0.167. The van der Waals surface area contributed by atoms with Crippen LogP contribution in [0.15, 0.2) is 41.0 Å². The number of aryl methyl sites for hydroxylation is 1. The van der Waals surface area contributed by atoms with Crippen LogP contribution in [0.2, 0.25) is 0 Å². The fourth-order valence-electron chi connectivity index (χ4n) is 2.11. The standard InChI is InChI=1S/C15H16F3NO/c1-3-19-14(12-8-10(2)20-9-12)11-4-6-13(7-5-11)15(16,17)18/h4-9,14,19H,3H2,1-2H3. The molecule has 2 aromatic rings. The van der Waals surface area contributed by atoms with E-state index in [9.17, 15) is 13.2 Å². The molecule has 108 valence electrons. The molecule has 2 nitrogen and oxygen atoms in total. The van der Waals surface area contributed by atoms with E-state index in [1.807, 2.05) is 19.9 Å². The van der Waals surface area contributed by atoms with Crippen molar-refractivity contribution in [1.29, 1.82) is 0 Å². The number of hydrogen-bond acceptors (Lipinski definition) is 2. The Bertz CT molecular complexity index is 557. The largest absolute Gasteiger partial charge is 0.469 e. The number of nitrogens with one attached hydrogen (secondary N) is 1. The molecule has 1 aromatic heterocycles. The SMILES string of the molecule is CCNC(c1ccc(C(F)(F)F)cc1)c1coc(C)c1. The Kier molecular flexibility index (Phi) is 4.18. The molecule has 0 aliphatic rings. The summed E-state index contributed by atoms with van der Waals surface area (Å²) in [7, 11) is 0. The van der Waals surface area contributed by atoms with Gasteiger partial charge in [0, 0.05) is 5.56 Å². The molecule has 0 aliphatic carbocycles. The number of benzene rings is 1. The van der Waals surface area contributed by atoms with Crippen LogP contribution < -0.4 is 5.32 Å². The second-order valence-corrected chi connectivity index (χ2v) is 4.60. The van der Waals surface area contributed by atoms with E-state index < -0.39 is 11.7 Å². The average Bonchev–Trinajstić information content (AvgIpc) is 2.81. The number of furan rings is 1. The zero-order valence-corrected chi connectivity index (χ0v) is 11.3. The van der Waals surface area contributed by atoms with Crippen LogP contribution in [0.1, 0.15) is 35.4 Å². The van der Waals surface area contributed by atoms with E-state index in [0.717, 1.165) is 29.0 Å². The quantitative estimate of drug-likeness (QED) is 0.904. The highest BCUT2D eigenvalue weighted by atomic mass is 19.4. The summed E-state index contributed by atoms with van der Waals surface area (Å²) in [4.78, 5) is 0. The molecule has 1 aromatic carbocycles. The Balaban J connectivity index is 2.30. The van der Waals surface area contributed by atoms with Gasteiger partial charge in [0.1, 0.15) is 5.76 Å². The van der Waals surface area contributed by atoms with Gasteiger partial charge in [0.25, 0.3) is 0 Å². The zero-order valence-electron chi connectivity index (χ0n) is 11.3. The van der Waals surface area contributed by atoms with Crippen molar-refractivity contribution in [3.8, 4) is 0 Å². The third kappa shape index (κ3) is 3.22. The van der Waals surface area contributed by atoms with Crippen LogP contribution in [0.5, 0.6) is 0 Å². The van der Waals surface area contributed by atoms with Crippen LogP contribution in [-0.4, -0.2) is 6.54 Å². The van der Waals surface area contributed by atoms with Gasteiger partial charge >= 0.3 is 6.18 Å². The Hall–Kier alpha value is -1.75. The van der Waals surface area contributed by atoms with E-state index in [0.29, 0.717) is 6.54 Å². The molecule has 5 heteroatoms. The minimum atomic E-state index is -4.31. The van der Waals surface area contributed by atoms with Crippen LogP contribution in [0.25, 0.3) is 0 Å². The van der Waals surface area contributed by atoms with Gasteiger partial charge in [0.05, 0.1) is 17.9 Å². The lowest BCUT2D eigenvalue weighted by molar-refractivity contribution is -0.137. The Morgan fingerprint density at radius 2 is 1.80 bits per heavy atom. The number of halogens is 3. The summed E-state index contributed by atoms with van der Waals surface area (Å²) in [6.45, 7) is 4.49. The summed E-state index contributed by atoms with van der Waals surface area (Å²) in [6.07, 6.45) is -2.68. The number of rotatable bonds is 4. The lowest BCUT2D eigenvalue weighted by Gasteiger charge is -2.17. The van der Waals surface area contributed by atoms with Gasteiger partial charge in [-0.05, 0) is 37.2 Å². The van der Waals surface area contributed by atoms with E-state index in [2.05, 4.69) is 5.32 Å². The third-order valence-electron chi connectivity index (χ3n) is 3.06. The Labute approximate surface area is 115 Å². The molecule has 0 saturated carbocycles. The molecule has 1 heterocycles. The molecule has 20 heavy (non-hydrogen) atoms. The maximum atomic E-state index is 12.6. The monoisotopic (exact) mass is 283 g/mol. The molecular weight excluding hydrogens is 267 g/mol. The predicted octanol–water partition coefficient (Wildman–Crippen LogP) is 4.31. The van der Waals surface area contributed by atoms with Crippen molar-refractivity contribution in [3.63, 3.8) is 0 Å². The molecule has 1 atom stereocenters. The van der Waals surface area contributed by atoms with Gasteiger partial charge in [0.15, 0.2) is 0 Å². The first kappa shape index (κ1) is 14.7. The van der Waals surface area contributed by atoms with E-state index in [1.54, 1.807) is 6.26 Å². The predicted molar refractivity (Wildman–Crippen MR) is 70.4 cm³/mol. The third-order valence-corrected chi connectivity index (χ3v) is 3.06. The van der Waals surface area contributed by atoms with Crippen molar-refractivity contribution >= 4 is 0 Å². The highest BCUT2D eigenvalue weighted by molar-refractivity contribution is 5.33. The van der Waals surface area contributed by atoms with E-state index in [4.69, 9.17) is 4.42 Å². The fraction of sp³-hybridized carbons (Fsp3) is 0.333. The van der Waals surface area contributed by atoms with Crippen molar-refractivity contribution < 1.29 is 17.6 Å². The lowest BCUT2D eigenvalue weighted by atomic mass is 9.99. The molecule has 0 spiro atoms. The van der Waals surface area contributed by atoms with Crippen LogP contribution in [0.4, 0.5) is 13.2 Å². The minimum Gasteiger partial charge on any atom is -0.469 e. The first-order chi connectivity index (χ1) is 9.41. The highest BCUT2D eigenvalue weighted by Crippen LogP contribution is 2.31. The maximum Gasteiger partial charge on any atom is 0.416 e. The molecule has 1 N–H and O–H groups in total.